The van der Waals surface area contributed by atoms with Gasteiger partial charge >= 0.3 is 168 Å². The molecule has 29 heavy (non-hydrogen) atoms. The number of pyridine rings is 1. The molecule has 0 amide bonds. The van der Waals surface area contributed by atoms with Gasteiger partial charge in [0.2, 0.25) is 0 Å². The second-order valence-electron chi connectivity index (χ2n) is 6.94. The van der Waals surface area contributed by atoms with Crippen LogP contribution in [0.4, 0.5) is 0 Å². The van der Waals surface area contributed by atoms with Gasteiger partial charge in [0.1, 0.15) is 0 Å². The zero-order valence-electron chi connectivity index (χ0n) is 15.6. The number of fused-ring (bicyclic) bond motifs is 2. The first-order valence-corrected chi connectivity index (χ1v) is 9.85. The quantitative estimate of drug-likeness (QED) is 0.431. The molecular weight excluding hydrogens is 437 g/mol. The maximum atomic E-state index is 4.64. The predicted molar refractivity (Wildman–Crippen MR) is 109 cm³/mol. The van der Waals surface area contributed by atoms with Crippen LogP contribution in [0.3, 0.4) is 0 Å². The third kappa shape index (κ3) is 4.00. The van der Waals surface area contributed by atoms with Crippen molar-refractivity contribution < 1.29 is 41.1 Å². The molecule has 1 aromatic heterocycles. The fourth-order valence-corrected chi connectivity index (χ4v) is 4.53. The summed E-state index contributed by atoms with van der Waals surface area (Å²) in [6.07, 6.45) is 6.15. The van der Waals surface area contributed by atoms with E-state index in [4.69, 9.17) is 0 Å². The molecule has 143 valence electrons. The minimum atomic E-state index is 0. The second-order valence-corrected chi connectivity index (χ2v) is 7.57. The molecule has 3 aromatic carbocycles. The molecule has 4 aromatic rings. The topological polar surface area (TPSA) is 12.9 Å². The molecule has 0 bridgehead atoms. The van der Waals surface area contributed by atoms with Crippen LogP contribution < -0.4 is 24.8 Å². The number of nitrogens with zero attached hydrogens (tertiary/aromatic N) is 1. The Morgan fingerprint density at radius 2 is 1.52 bits per heavy atom. The van der Waals surface area contributed by atoms with Gasteiger partial charge < -0.3 is 24.8 Å². The van der Waals surface area contributed by atoms with Crippen LogP contribution in [0.1, 0.15) is 17.5 Å². The van der Waals surface area contributed by atoms with Crippen LogP contribution in [-0.4, -0.2) is 4.98 Å². The van der Waals surface area contributed by atoms with Crippen LogP contribution in [-0.2, 0) is 22.7 Å². The zero-order chi connectivity index (χ0) is 18.2. The predicted octanol–water partition coefficient (Wildman–Crippen LogP) is 0.227. The summed E-state index contributed by atoms with van der Waals surface area (Å²) in [5, 5.41) is 3.84. The van der Waals surface area contributed by atoms with E-state index < -0.39 is 0 Å². The van der Waals surface area contributed by atoms with Gasteiger partial charge in [-0.25, -0.2) is 0 Å². The minimum absolute atomic E-state index is 0. The Balaban J connectivity index is 0.00000120. The number of para-hydroxylation sites is 1. The van der Waals surface area contributed by atoms with Crippen molar-refractivity contribution in [2.45, 2.75) is 12.8 Å². The Labute approximate surface area is 191 Å². The first-order chi connectivity index (χ1) is 13.3. The normalized spacial score (nSPS) is 13.1. The molecule has 0 unspecified atom stereocenters. The molecule has 1 aliphatic carbocycles. The Morgan fingerprint density at radius 1 is 0.793 bits per heavy atom. The van der Waals surface area contributed by atoms with Gasteiger partial charge in [-0.2, -0.15) is 0 Å². The summed E-state index contributed by atoms with van der Waals surface area (Å²) < 4.78 is 1.28. The third-order valence-corrected chi connectivity index (χ3v) is 6.13. The Bertz CT molecular complexity index is 1230. The number of halogens is 2. The number of hydrogen-bond acceptors (Lipinski definition) is 1. The van der Waals surface area contributed by atoms with Gasteiger partial charge in [-0.3, -0.25) is 0 Å². The number of rotatable bonds is 3. The van der Waals surface area contributed by atoms with E-state index in [0.717, 1.165) is 18.4 Å². The maximum absolute atomic E-state index is 4.64. The Kier molecular flexibility index (Phi) is 6.83. The molecule has 4 heteroatoms. The van der Waals surface area contributed by atoms with Crippen molar-refractivity contribution in [3.05, 3.63) is 106 Å². The number of allylic oxidation sites excluding steroid dienone is 4. The molecule has 0 fully saturated rings. The van der Waals surface area contributed by atoms with Crippen molar-refractivity contribution in [1.82, 2.24) is 4.98 Å². The SMILES string of the molecule is [Cl-].[Cl-].[Cr+2][C]1=C(c2cccc3cccnc23)CC=C1Cc1cccc2ccccc12. The number of hydrogen-bond donors (Lipinski definition) is 0. The summed E-state index contributed by atoms with van der Waals surface area (Å²) in [5.41, 5.74) is 6.45. The fraction of sp³-hybridized carbons (Fsp3) is 0.0800. The van der Waals surface area contributed by atoms with Gasteiger partial charge in [0.25, 0.3) is 0 Å². The van der Waals surface area contributed by atoms with E-state index in [-0.39, 0.29) is 24.8 Å². The van der Waals surface area contributed by atoms with Gasteiger partial charge in [-0.1, -0.05) is 0 Å². The summed E-state index contributed by atoms with van der Waals surface area (Å²) in [4.78, 5) is 4.64. The van der Waals surface area contributed by atoms with E-state index in [0.29, 0.717) is 0 Å². The summed E-state index contributed by atoms with van der Waals surface area (Å²) in [6, 6.07) is 25.8. The van der Waals surface area contributed by atoms with Gasteiger partial charge in [-0.05, 0) is 0 Å². The molecule has 0 aliphatic heterocycles. The fourth-order valence-electron chi connectivity index (χ4n) is 3.99. The van der Waals surface area contributed by atoms with Crippen LogP contribution in [0.2, 0.25) is 0 Å². The van der Waals surface area contributed by atoms with Crippen LogP contribution >= 0.6 is 0 Å². The molecule has 1 aliphatic rings. The van der Waals surface area contributed by atoms with E-state index in [9.17, 15) is 0 Å². The van der Waals surface area contributed by atoms with Crippen molar-refractivity contribution in [2.75, 3.05) is 0 Å². The Hall–Kier alpha value is -2.08. The molecule has 0 radical (unpaired) electrons. The molecule has 1 nitrogen and oxygen atoms in total. The van der Waals surface area contributed by atoms with E-state index in [2.05, 4.69) is 94.1 Å². The summed E-state index contributed by atoms with van der Waals surface area (Å²) >= 11 is 3.35. The second kappa shape index (κ2) is 9.16. The molecule has 0 saturated carbocycles. The van der Waals surface area contributed by atoms with Gasteiger partial charge in [-0.15, -0.1) is 0 Å². The van der Waals surface area contributed by atoms with Crippen LogP contribution in [0.5, 0.6) is 0 Å². The molecule has 1 heterocycles. The van der Waals surface area contributed by atoms with Crippen molar-refractivity contribution in [3.8, 4) is 0 Å². The van der Waals surface area contributed by atoms with Crippen LogP contribution in [0.15, 0.2) is 95.1 Å². The molecule has 0 spiro atoms. The van der Waals surface area contributed by atoms with Gasteiger partial charge in [0, 0.05) is 0 Å². The van der Waals surface area contributed by atoms with Crippen LogP contribution in [0, 0.1) is 0 Å². The monoisotopic (exact) mass is 454 g/mol. The average Bonchev–Trinajstić information content (AvgIpc) is 3.08. The molecular formula is C25H18Cl2CrN. The van der Waals surface area contributed by atoms with Crippen molar-refractivity contribution >= 4 is 27.2 Å². The van der Waals surface area contributed by atoms with E-state index >= 15 is 0 Å². The summed E-state index contributed by atoms with van der Waals surface area (Å²) in [6.45, 7) is 0. The first kappa shape index (κ1) is 21.6. The van der Waals surface area contributed by atoms with Crippen molar-refractivity contribution in [1.29, 1.82) is 0 Å². The molecule has 5 rings (SSSR count). The number of aromatic nitrogens is 1. The molecule has 0 atom stereocenters. The first-order valence-electron chi connectivity index (χ1n) is 9.21. The van der Waals surface area contributed by atoms with Crippen molar-refractivity contribution in [2.24, 2.45) is 0 Å². The van der Waals surface area contributed by atoms with E-state index in [1.54, 1.807) is 0 Å². The zero-order valence-corrected chi connectivity index (χ0v) is 18.4. The third-order valence-electron chi connectivity index (χ3n) is 5.34. The van der Waals surface area contributed by atoms with E-state index in [1.165, 1.54) is 42.9 Å². The number of benzene rings is 3. The Morgan fingerprint density at radius 3 is 2.41 bits per heavy atom. The summed E-state index contributed by atoms with van der Waals surface area (Å²) in [7, 11) is 0. The molecule has 0 N–H and O–H groups in total. The van der Waals surface area contributed by atoms with Gasteiger partial charge in [0.05, 0.1) is 0 Å². The average molecular weight is 455 g/mol. The van der Waals surface area contributed by atoms with Crippen molar-refractivity contribution in [3.63, 3.8) is 0 Å². The van der Waals surface area contributed by atoms with Gasteiger partial charge in [0.15, 0.2) is 0 Å². The van der Waals surface area contributed by atoms with Crippen LogP contribution in [0.25, 0.3) is 27.2 Å². The summed E-state index contributed by atoms with van der Waals surface area (Å²) in [5.74, 6) is 0. The van der Waals surface area contributed by atoms with E-state index in [1.807, 2.05) is 12.3 Å². The molecule has 0 saturated heterocycles. The standard InChI is InChI=1S/C25H18N.2ClH.Cr/c1-2-11-23-19(6-1)7-3-9-21(23)16-18-13-14-22(17-18)24-12-4-8-20-10-5-15-26-25(20)24;;;/h1-13,15H,14,16H2;2*1H;/q;;;+2/p-2.